The zero-order valence-electron chi connectivity index (χ0n) is 12.6. The Morgan fingerprint density at radius 1 is 1.29 bits per heavy atom. The van der Waals surface area contributed by atoms with Gasteiger partial charge in [-0.2, -0.15) is 0 Å². The van der Waals surface area contributed by atoms with Gasteiger partial charge in [0.05, 0.1) is 4.92 Å². The van der Waals surface area contributed by atoms with Crippen LogP contribution in [0.2, 0.25) is 0 Å². The lowest BCUT2D eigenvalue weighted by Gasteiger charge is -2.23. The fourth-order valence-electron chi connectivity index (χ4n) is 1.86. The van der Waals surface area contributed by atoms with E-state index >= 15 is 0 Å². The first kappa shape index (κ1) is 16.6. The van der Waals surface area contributed by atoms with Gasteiger partial charge in [-0.25, -0.2) is 0 Å². The third kappa shape index (κ3) is 4.01. The van der Waals surface area contributed by atoms with Crippen LogP contribution in [-0.4, -0.2) is 42.3 Å². The average molecular weight is 293 g/mol. The van der Waals surface area contributed by atoms with E-state index in [-0.39, 0.29) is 24.0 Å². The molecule has 0 bridgehead atoms. The second kappa shape index (κ2) is 6.83. The van der Waals surface area contributed by atoms with Gasteiger partial charge in [-0.15, -0.1) is 0 Å². The number of aryl methyl sites for hydroxylation is 1. The highest BCUT2D eigenvalue weighted by molar-refractivity contribution is 5.97. The highest BCUT2D eigenvalue weighted by atomic mass is 16.6. The minimum absolute atomic E-state index is 0.0173. The molecule has 0 aromatic heterocycles. The van der Waals surface area contributed by atoms with Gasteiger partial charge < -0.3 is 9.80 Å². The number of nitrogens with zero attached hydrogens (tertiary/aromatic N) is 3. The molecule has 0 spiro atoms. The molecule has 114 valence electrons. The first-order valence-electron chi connectivity index (χ1n) is 6.53. The van der Waals surface area contributed by atoms with Crippen LogP contribution in [0.5, 0.6) is 0 Å². The second-order valence-electron chi connectivity index (χ2n) is 4.82. The SMILES string of the molecule is CCc1cc(N(CC(=O)N(C)C)C(C)=O)ccc1[N+](=O)[O-]. The van der Waals surface area contributed by atoms with E-state index in [4.69, 9.17) is 0 Å². The minimum atomic E-state index is -0.453. The summed E-state index contributed by atoms with van der Waals surface area (Å²) in [6.45, 7) is 3.06. The Bertz CT molecular complexity index is 569. The summed E-state index contributed by atoms with van der Waals surface area (Å²) in [6, 6.07) is 4.44. The quantitative estimate of drug-likeness (QED) is 0.609. The first-order chi connectivity index (χ1) is 9.77. The number of amides is 2. The predicted molar refractivity (Wildman–Crippen MR) is 79.2 cm³/mol. The molecule has 0 atom stereocenters. The molecule has 0 saturated heterocycles. The van der Waals surface area contributed by atoms with Crippen LogP contribution in [0.25, 0.3) is 0 Å². The maximum Gasteiger partial charge on any atom is 0.272 e. The molecule has 2 amide bonds. The summed E-state index contributed by atoms with van der Waals surface area (Å²) in [7, 11) is 3.21. The van der Waals surface area contributed by atoms with Crippen LogP contribution < -0.4 is 4.90 Å². The maximum atomic E-state index is 11.8. The van der Waals surface area contributed by atoms with Crippen LogP contribution in [0, 0.1) is 10.1 Å². The van der Waals surface area contributed by atoms with Gasteiger partial charge in [0.15, 0.2) is 0 Å². The summed E-state index contributed by atoms with van der Waals surface area (Å²) in [6.07, 6.45) is 0.470. The molecule has 1 rings (SSSR count). The summed E-state index contributed by atoms with van der Waals surface area (Å²) in [5.74, 6) is -0.511. The Balaban J connectivity index is 3.18. The number of rotatable bonds is 5. The normalized spacial score (nSPS) is 10.1. The van der Waals surface area contributed by atoms with Crippen molar-refractivity contribution in [1.82, 2.24) is 4.90 Å². The van der Waals surface area contributed by atoms with Gasteiger partial charge in [-0.3, -0.25) is 19.7 Å². The molecule has 0 aliphatic heterocycles. The molecule has 0 aliphatic carbocycles. The van der Waals surface area contributed by atoms with Crippen molar-refractivity contribution in [2.75, 3.05) is 25.5 Å². The van der Waals surface area contributed by atoms with Crippen LogP contribution in [-0.2, 0) is 16.0 Å². The van der Waals surface area contributed by atoms with Gasteiger partial charge in [-0.1, -0.05) is 6.92 Å². The van der Waals surface area contributed by atoms with Gasteiger partial charge in [0.25, 0.3) is 5.69 Å². The molecule has 0 heterocycles. The zero-order valence-corrected chi connectivity index (χ0v) is 12.6. The van der Waals surface area contributed by atoms with E-state index in [0.29, 0.717) is 17.7 Å². The lowest BCUT2D eigenvalue weighted by Crippen LogP contribution is -2.39. The summed E-state index contributed by atoms with van der Waals surface area (Å²) < 4.78 is 0. The number of hydrogen-bond donors (Lipinski definition) is 0. The molecule has 0 fully saturated rings. The summed E-state index contributed by atoms with van der Waals surface area (Å²) in [4.78, 5) is 36.7. The molecule has 0 aliphatic rings. The van der Waals surface area contributed by atoms with E-state index in [1.165, 1.54) is 28.9 Å². The van der Waals surface area contributed by atoms with Crippen molar-refractivity contribution in [3.8, 4) is 0 Å². The number of hydrogen-bond acceptors (Lipinski definition) is 4. The first-order valence-corrected chi connectivity index (χ1v) is 6.53. The number of nitro groups is 1. The van der Waals surface area contributed by atoms with Crippen LogP contribution in [0.4, 0.5) is 11.4 Å². The lowest BCUT2D eigenvalue weighted by atomic mass is 10.1. The third-order valence-corrected chi connectivity index (χ3v) is 3.12. The molecule has 1 aromatic carbocycles. The van der Waals surface area contributed by atoms with Crippen molar-refractivity contribution in [3.63, 3.8) is 0 Å². The number of carbonyl (C=O) groups excluding carboxylic acids is 2. The summed E-state index contributed by atoms with van der Waals surface area (Å²) in [5.41, 5.74) is 1.03. The van der Waals surface area contributed by atoms with Gasteiger partial charge in [0.2, 0.25) is 11.8 Å². The molecule has 1 aromatic rings. The van der Waals surface area contributed by atoms with Crippen molar-refractivity contribution in [3.05, 3.63) is 33.9 Å². The van der Waals surface area contributed by atoms with Gasteiger partial charge >= 0.3 is 0 Å². The molecule has 0 saturated carbocycles. The van der Waals surface area contributed by atoms with Crippen LogP contribution in [0.15, 0.2) is 18.2 Å². The predicted octanol–water partition coefficient (Wildman–Crippen LogP) is 1.60. The van der Waals surface area contributed by atoms with Crippen molar-refractivity contribution in [2.24, 2.45) is 0 Å². The van der Waals surface area contributed by atoms with Gasteiger partial charge in [0.1, 0.15) is 6.54 Å². The highest BCUT2D eigenvalue weighted by Gasteiger charge is 2.20. The Morgan fingerprint density at radius 2 is 1.90 bits per heavy atom. The summed E-state index contributed by atoms with van der Waals surface area (Å²) >= 11 is 0. The average Bonchev–Trinajstić information content (AvgIpc) is 2.42. The van der Waals surface area contributed by atoms with Crippen molar-refractivity contribution in [2.45, 2.75) is 20.3 Å². The van der Waals surface area contributed by atoms with E-state index in [0.717, 1.165) is 0 Å². The molecule has 0 N–H and O–H groups in total. The molecule has 7 nitrogen and oxygen atoms in total. The van der Waals surface area contributed by atoms with Crippen molar-refractivity contribution < 1.29 is 14.5 Å². The smallest absolute Gasteiger partial charge is 0.272 e. The van der Waals surface area contributed by atoms with E-state index in [1.807, 2.05) is 0 Å². The van der Waals surface area contributed by atoms with Crippen LogP contribution in [0.3, 0.4) is 0 Å². The lowest BCUT2D eigenvalue weighted by molar-refractivity contribution is -0.385. The largest absolute Gasteiger partial charge is 0.347 e. The molecular weight excluding hydrogens is 274 g/mol. The Labute approximate surface area is 123 Å². The van der Waals surface area contributed by atoms with E-state index in [9.17, 15) is 19.7 Å². The van der Waals surface area contributed by atoms with E-state index in [2.05, 4.69) is 0 Å². The number of carbonyl (C=O) groups is 2. The van der Waals surface area contributed by atoms with Gasteiger partial charge in [0, 0.05) is 38.3 Å². The van der Waals surface area contributed by atoms with Crippen LogP contribution >= 0.6 is 0 Å². The number of nitro benzene ring substituents is 1. The molecule has 0 unspecified atom stereocenters. The maximum absolute atomic E-state index is 11.8. The fraction of sp³-hybridized carbons (Fsp3) is 0.429. The monoisotopic (exact) mass is 293 g/mol. The molecular formula is C14H19N3O4. The topological polar surface area (TPSA) is 83.8 Å². The Kier molecular flexibility index (Phi) is 5.40. The van der Waals surface area contributed by atoms with E-state index in [1.54, 1.807) is 27.1 Å². The third-order valence-electron chi connectivity index (χ3n) is 3.12. The van der Waals surface area contributed by atoms with Crippen molar-refractivity contribution in [1.29, 1.82) is 0 Å². The molecule has 7 heteroatoms. The number of benzene rings is 1. The Hall–Kier alpha value is -2.44. The minimum Gasteiger partial charge on any atom is -0.347 e. The fourth-order valence-corrected chi connectivity index (χ4v) is 1.86. The zero-order chi connectivity index (χ0) is 16.2. The molecule has 0 radical (unpaired) electrons. The highest BCUT2D eigenvalue weighted by Crippen LogP contribution is 2.25. The summed E-state index contributed by atoms with van der Waals surface area (Å²) in [5, 5.41) is 10.9. The van der Waals surface area contributed by atoms with E-state index < -0.39 is 4.92 Å². The number of likely N-dealkylation sites (N-methyl/N-ethyl adjacent to an activating group) is 1. The van der Waals surface area contributed by atoms with Crippen LogP contribution in [0.1, 0.15) is 19.4 Å². The van der Waals surface area contributed by atoms with Gasteiger partial charge in [-0.05, 0) is 18.6 Å². The molecule has 21 heavy (non-hydrogen) atoms. The Morgan fingerprint density at radius 3 is 2.33 bits per heavy atom. The number of anilines is 1. The standard InChI is InChI=1S/C14H19N3O4/c1-5-11-8-12(6-7-13(11)17(20)21)16(10(2)18)9-14(19)15(3)4/h6-8H,5,9H2,1-4H3. The van der Waals surface area contributed by atoms with Crippen molar-refractivity contribution >= 4 is 23.2 Å². The second-order valence-corrected chi connectivity index (χ2v) is 4.82.